The van der Waals surface area contributed by atoms with Crippen molar-refractivity contribution in [3.8, 4) is 11.5 Å². The molecule has 1 N–H and O–H groups in total. The highest BCUT2D eigenvalue weighted by Gasteiger charge is 2.25. The van der Waals surface area contributed by atoms with Crippen LogP contribution in [0, 0.1) is 0 Å². The monoisotopic (exact) mass is 263 g/mol. The summed E-state index contributed by atoms with van der Waals surface area (Å²) in [7, 11) is 0. The third-order valence-electron chi connectivity index (χ3n) is 3.48. The van der Waals surface area contributed by atoms with Gasteiger partial charge in [0.1, 0.15) is 17.6 Å². The quantitative estimate of drug-likeness (QED) is 0.818. The average Bonchev–Trinajstić information content (AvgIpc) is 2.86. The molecule has 2 unspecified atom stereocenters. The summed E-state index contributed by atoms with van der Waals surface area (Å²) in [6.07, 6.45) is 4.86. The van der Waals surface area contributed by atoms with Crippen LogP contribution in [-0.2, 0) is 0 Å². The van der Waals surface area contributed by atoms with Gasteiger partial charge in [0.25, 0.3) is 0 Å². The van der Waals surface area contributed by atoms with Gasteiger partial charge in [-0.3, -0.25) is 0 Å². The predicted molar refractivity (Wildman–Crippen MR) is 78.0 cm³/mol. The largest absolute Gasteiger partial charge is 0.494 e. The maximum Gasteiger partial charge on any atom is 0.119 e. The minimum Gasteiger partial charge on any atom is -0.494 e. The van der Waals surface area contributed by atoms with E-state index in [9.17, 15) is 0 Å². The van der Waals surface area contributed by atoms with E-state index in [4.69, 9.17) is 9.47 Å². The van der Waals surface area contributed by atoms with Gasteiger partial charge >= 0.3 is 0 Å². The Morgan fingerprint density at radius 3 is 2.53 bits per heavy atom. The van der Waals surface area contributed by atoms with Crippen molar-refractivity contribution in [3.05, 3.63) is 24.3 Å². The molecule has 1 saturated carbocycles. The first-order chi connectivity index (χ1) is 9.31. The topological polar surface area (TPSA) is 30.5 Å². The summed E-state index contributed by atoms with van der Waals surface area (Å²) < 4.78 is 11.6. The second-order valence-corrected chi connectivity index (χ2v) is 5.13. The normalized spacial score (nSPS) is 22.4. The van der Waals surface area contributed by atoms with Gasteiger partial charge in [-0.25, -0.2) is 0 Å². The van der Waals surface area contributed by atoms with Gasteiger partial charge in [-0.15, -0.1) is 0 Å². The lowest BCUT2D eigenvalue weighted by Gasteiger charge is -2.15. The molecule has 0 radical (unpaired) electrons. The molecule has 0 bridgehead atoms. The molecule has 19 heavy (non-hydrogen) atoms. The van der Waals surface area contributed by atoms with E-state index in [1.165, 1.54) is 6.42 Å². The molecule has 0 spiro atoms. The molecule has 0 amide bonds. The van der Waals surface area contributed by atoms with Crippen LogP contribution in [0.25, 0.3) is 0 Å². The minimum absolute atomic E-state index is 0.353. The smallest absolute Gasteiger partial charge is 0.119 e. The van der Waals surface area contributed by atoms with E-state index in [2.05, 4.69) is 19.2 Å². The van der Waals surface area contributed by atoms with Gasteiger partial charge in [0.05, 0.1) is 6.61 Å². The molecule has 2 rings (SSSR count). The van der Waals surface area contributed by atoms with Gasteiger partial charge in [0.2, 0.25) is 0 Å². The molecule has 0 saturated heterocycles. The van der Waals surface area contributed by atoms with Crippen LogP contribution in [0.15, 0.2) is 24.3 Å². The van der Waals surface area contributed by atoms with E-state index in [0.717, 1.165) is 43.9 Å². The molecule has 1 aromatic rings. The van der Waals surface area contributed by atoms with Crippen LogP contribution in [0.3, 0.4) is 0 Å². The van der Waals surface area contributed by atoms with Crippen molar-refractivity contribution in [2.24, 2.45) is 0 Å². The third-order valence-corrected chi connectivity index (χ3v) is 3.48. The lowest BCUT2D eigenvalue weighted by atomic mass is 10.2. The fourth-order valence-corrected chi connectivity index (χ4v) is 2.55. The maximum absolute atomic E-state index is 6.02. The highest BCUT2D eigenvalue weighted by atomic mass is 16.5. The summed E-state index contributed by atoms with van der Waals surface area (Å²) in [5.74, 6) is 1.87. The molecule has 0 aliphatic heterocycles. The maximum atomic E-state index is 6.02. The standard InChI is InChI=1S/C16H25NO2/c1-3-11-18-14-7-9-15(10-8-14)19-16-6-5-13(12-16)17-4-2/h7-10,13,16-17H,3-6,11-12H2,1-2H3. The van der Waals surface area contributed by atoms with Crippen molar-refractivity contribution < 1.29 is 9.47 Å². The van der Waals surface area contributed by atoms with E-state index in [1.807, 2.05) is 24.3 Å². The number of hydrogen-bond donors (Lipinski definition) is 1. The van der Waals surface area contributed by atoms with Crippen LogP contribution in [-0.4, -0.2) is 25.3 Å². The molecule has 0 heterocycles. The molecular weight excluding hydrogens is 238 g/mol. The summed E-state index contributed by atoms with van der Waals surface area (Å²) in [6, 6.07) is 8.61. The average molecular weight is 263 g/mol. The Morgan fingerprint density at radius 2 is 1.84 bits per heavy atom. The van der Waals surface area contributed by atoms with Crippen molar-refractivity contribution in [2.75, 3.05) is 13.2 Å². The van der Waals surface area contributed by atoms with Crippen LogP contribution < -0.4 is 14.8 Å². The van der Waals surface area contributed by atoms with Gasteiger partial charge < -0.3 is 14.8 Å². The van der Waals surface area contributed by atoms with Crippen LogP contribution in [0.5, 0.6) is 11.5 Å². The number of hydrogen-bond acceptors (Lipinski definition) is 3. The van der Waals surface area contributed by atoms with Crippen LogP contribution in [0.1, 0.15) is 39.5 Å². The number of benzene rings is 1. The Kier molecular flexibility index (Phi) is 5.52. The molecule has 0 aromatic heterocycles. The summed E-state index contributed by atoms with van der Waals surface area (Å²) in [4.78, 5) is 0. The molecule has 1 fully saturated rings. The zero-order chi connectivity index (χ0) is 13.5. The van der Waals surface area contributed by atoms with Crippen molar-refractivity contribution in [1.82, 2.24) is 5.32 Å². The Morgan fingerprint density at radius 1 is 1.11 bits per heavy atom. The van der Waals surface area contributed by atoms with Gasteiger partial charge in [0.15, 0.2) is 0 Å². The Hall–Kier alpha value is -1.22. The number of nitrogens with one attached hydrogen (secondary N) is 1. The second-order valence-electron chi connectivity index (χ2n) is 5.13. The van der Waals surface area contributed by atoms with Crippen molar-refractivity contribution in [1.29, 1.82) is 0 Å². The Balaban J connectivity index is 1.80. The summed E-state index contributed by atoms with van der Waals surface area (Å²) in [5.41, 5.74) is 0. The summed E-state index contributed by atoms with van der Waals surface area (Å²) in [5, 5.41) is 3.49. The zero-order valence-electron chi connectivity index (χ0n) is 12.0. The predicted octanol–water partition coefficient (Wildman–Crippen LogP) is 3.38. The SMILES string of the molecule is CCCOc1ccc(OC2CCC(NCC)C2)cc1. The first-order valence-corrected chi connectivity index (χ1v) is 7.44. The molecule has 3 nitrogen and oxygen atoms in total. The van der Waals surface area contributed by atoms with Crippen molar-refractivity contribution in [3.63, 3.8) is 0 Å². The van der Waals surface area contributed by atoms with Gasteiger partial charge in [-0.05, 0) is 56.5 Å². The van der Waals surface area contributed by atoms with Gasteiger partial charge in [-0.2, -0.15) is 0 Å². The highest BCUT2D eigenvalue weighted by molar-refractivity contribution is 5.31. The van der Waals surface area contributed by atoms with E-state index in [0.29, 0.717) is 12.1 Å². The molecule has 1 aliphatic carbocycles. The van der Waals surface area contributed by atoms with E-state index in [-0.39, 0.29) is 0 Å². The first kappa shape index (κ1) is 14.2. The highest BCUT2D eigenvalue weighted by Crippen LogP contribution is 2.26. The minimum atomic E-state index is 0.353. The van der Waals surface area contributed by atoms with Crippen molar-refractivity contribution in [2.45, 2.75) is 51.7 Å². The van der Waals surface area contributed by atoms with Crippen LogP contribution >= 0.6 is 0 Å². The molecule has 1 aromatic carbocycles. The van der Waals surface area contributed by atoms with Crippen LogP contribution in [0.2, 0.25) is 0 Å². The molecule has 1 aliphatic rings. The zero-order valence-corrected chi connectivity index (χ0v) is 12.0. The van der Waals surface area contributed by atoms with Gasteiger partial charge in [-0.1, -0.05) is 13.8 Å². The Labute approximate surface area is 116 Å². The van der Waals surface area contributed by atoms with Crippen molar-refractivity contribution >= 4 is 0 Å². The lowest BCUT2D eigenvalue weighted by molar-refractivity contribution is 0.206. The first-order valence-electron chi connectivity index (χ1n) is 7.44. The summed E-state index contributed by atoms with van der Waals surface area (Å²) >= 11 is 0. The number of ether oxygens (including phenoxy) is 2. The molecular formula is C16H25NO2. The molecule has 2 atom stereocenters. The third kappa shape index (κ3) is 4.43. The summed E-state index contributed by atoms with van der Waals surface area (Å²) in [6.45, 7) is 6.08. The molecule has 3 heteroatoms. The fraction of sp³-hybridized carbons (Fsp3) is 0.625. The van der Waals surface area contributed by atoms with E-state index >= 15 is 0 Å². The molecule has 106 valence electrons. The van der Waals surface area contributed by atoms with Gasteiger partial charge in [0, 0.05) is 6.04 Å². The van der Waals surface area contributed by atoms with E-state index < -0.39 is 0 Å². The van der Waals surface area contributed by atoms with Crippen LogP contribution in [0.4, 0.5) is 0 Å². The Bertz CT molecular complexity index is 364. The fourth-order valence-electron chi connectivity index (χ4n) is 2.55. The number of rotatable bonds is 7. The second kappa shape index (κ2) is 7.39. The lowest BCUT2D eigenvalue weighted by Crippen LogP contribution is -2.27. The van der Waals surface area contributed by atoms with E-state index in [1.54, 1.807) is 0 Å².